The Kier molecular flexibility index (Phi) is 1.97. The minimum atomic E-state index is 0.180. The molecule has 0 aromatic heterocycles. The molecule has 3 nitrogen and oxygen atoms in total. The molecule has 0 aromatic rings. The zero-order valence-corrected chi connectivity index (χ0v) is 6.62. The predicted octanol–water partition coefficient (Wildman–Crippen LogP) is 0.324. The van der Waals surface area contributed by atoms with Crippen molar-refractivity contribution in [2.75, 3.05) is 7.05 Å². The summed E-state index contributed by atoms with van der Waals surface area (Å²) in [5.74, 6) is 0. The molecule has 0 unspecified atom stereocenters. The van der Waals surface area contributed by atoms with Gasteiger partial charge in [0.15, 0.2) is 0 Å². The Labute approximate surface area is 61.9 Å². The van der Waals surface area contributed by atoms with Crippen molar-refractivity contribution in [3.8, 4) is 0 Å². The molecule has 58 valence electrons. The largest absolute Gasteiger partial charge is 0.392 e. The van der Waals surface area contributed by atoms with Crippen LogP contribution in [0.2, 0.25) is 0 Å². The Morgan fingerprint density at radius 3 is 2.60 bits per heavy atom. The van der Waals surface area contributed by atoms with E-state index in [0.29, 0.717) is 0 Å². The topological polar surface area (TPSA) is 55.9 Å². The van der Waals surface area contributed by atoms with E-state index in [2.05, 4.69) is 29.7 Å². The van der Waals surface area contributed by atoms with E-state index in [4.69, 9.17) is 0 Å². The van der Waals surface area contributed by atoms with E-state index in [1.54, 1.807) is 0 Å². The second-order valence-corrected chi connectivity index (χ2v) is 2.94. The molecule has 0 amide bonds. The zero-order valence-electron chi connectivity index (χ0n) is 6.62. The minimum absolute atomic E-state index is 0.180. The van der Waals surface area contributed by atoms with Gasteiger partial charge in [-0.25, -0.2) is 10.9 Å². The molecule has 10 heavy (non-hydrogen) atoms. The Bertz CT molecular complexity index is 138. The Morgan fingerprint density at radius 1 is 1.60 bits per heavy atom. The van der Waals surface area contributed by atoms with Crippen LogP contribution in [-0.4, -0.2) is 12.7 Å². The average Bonchev–Trinajstić information content (AvgIpc) is 2.64. The number of allylic oxidation sites excluding steroid dienone is 1. The third kappa shape index (κ3) is 2.01. The third-order valence-corrected chi connectivity index (χ3v) is 1.83. The van der Waals surface area contributed by atoms with Crippen molar-refractivity contribution in [1.82, 2.24) is 16.2 Å². The molecule has 3 heteroatoms. The Morgan fingerprint density at radius 2 is 2.20 bits per heavy atom. The lowest BCUT2D eigenvalue weighted by atomic mass is 10.1. The maximum Gasteiger partial charge on any atom is 0.0919 e. The van der Waals surface area contributed by atoms with E-state index >= 15 is 0 Å². The van der Waals surface area contributed by atoms with Crippen LogP contribution >= 0.6 is 0 Å². The monoisotopic (exact) mass is 141 g/mol. The number of nitrogens with one attached hydrogen (secondary N) is 3. The first-order valence-electron chi connectivity index (χ1n) is 3.56. The molecular formula is C7H15N3. The van der Waals surface area contributed by atoms with E-state index < -0.39 is 0 Å². The van der Waals surface area contributed by atoms with Gasteiger partial charge in [-0.3, -0.25) is 0 Å². The van der Waals surface area contributed by atoms with Crippen molar-refractivity contribution in [1.29, 1.82) is 0 Å². The van der Waals surface area contributed by atoms with Crippen molar-refractivity contribution >= 4 is 0 Å². The summed E-state index contributed by atoms with van der Waals surface area (Å²) >= 11 is 0. The fourth-order valence-electron chi connectivity index (χ4n) is 0.758. The summed E-state index contributed by atoms with van der Waals surface area (Å²) in [7, 11) is 1.90. The fourth-order valence-corrected chi connectivity index (χ4v) is 0.758. The van der Waals surface area contributed by atoms with Crippen LogP contribution in [0, 0.1) is 0 Å². The summed E-state index contributed by atoms with van der Waals surface area (Å²) in [4.78, 5) is 0. The second kappa shape index (κ2) is 2.60. The van der Waals surface area contributed by atoms with Crippen molar-refractivity contribution in [3.63, 3.8) is 0 Å². The number of hydrazine groups is 1. The van der Waals surface area contributed by atoms with Gasteiger partial charge in [0, 0.05) is 12.7 Å². The Balaban J connectivity index is 2.10. The first-order valence-corrected chi connectivity index (χ1v) is 3.56. The lowest BCUT2D eigenvalue weighted by Crippen LogP contribution is -2.14. The van der Waals surface area contributed by atoms with Crippen LogP contribution in [0.5, 0.6) is 0 Å². The molecule has 3 N–H and O–H groups in total. The smallest absolute Gasteiger partial charge is 0.0919 e. The van der Waals surface area contributed by atoms with Gasteiger partial charge in [-0.05, 0) is 19.8 Å². The molecule has 0 spiro atoms. The molecule has 1 aliphatic rings. The van der Waals surface area contributed by atoms with Crippen molar-refractivity contribution in [2.24, 2.45) is 0 Å². The molecule has 0 aliphatic carbocycles. The standard InChI is InChI=1S/C7H15N3/c1-6(8-3)4-5-7(2)9-10-7/h8-10H,1,4-5H2,2-3H3. The fraction of sp³-hybridized carbons (Fsp3) is 0.714. The summed E-state index contributed by atoms with van der Waals surface area (Å²) in [6, 6.07) is 0. The molecule has 1 saturated heterocycles. The van der Waals surface area contributed by atoms with Crippen LogP contribution in [0.3, 0.4) is 0 Å². The lowest BCUT2D eigenvalue weighted by Gasteiger charge is -2.06. The molecule has 1 rings (SSSR count). The highest BCUT2D eigenvalue weighted by molar-refractivity contribution is 4.96. The Hall–Kier alpha value is -0.540. The molecule has 0 atom stereocenters. The van der Waals surface area contributed by atoms with Crippen LogP contribution in [-0.2, 0) is 0 Å². The normalized spacial score (nSPS) is 20.2. The van der Waals surface area contributed by atoms with E-state index in [1.807, 2.05) is 7.05 Å². The van der Waals surface area contributed by atoms with Crippen LogP contribution in [0.1, 0.15) is 19.8 Å². The van der Waals surface area contributed by atoms with Crippen molar-refractivity contribution in [2.45, 2.75) is 25.4 Å². The summed E-state index contributed by atoms with van der Waals surface area (Å²) in [6.07, 6.45) is 2.11. The molecule has 0 saturated carbocycles. The molecule has 0 bridgehead atoms. The first-order chi connectivity index (χ1) is 4.66. The first kappa shape index (κ1) is 7.57. The SMILES string of the molecule is C=C(CCC1(C)NN1)NC. The summed E-state index contributed by atoms with van der Waals surface area (Å²) < 4.78 is 0. The van der Waals surface area contributed by atoms with E-state index in [0.717, 1.165) is 18.5 Å². The predicted molar refractivity (Wildman–Crippen MR) is 42.1 cm³/mol. The van der Waals surface area contributed by atoms with Gasteiger partial charge in [-0.15, -0.1) is 0 Å². The van der Waals surface area contributed by atoms with Crippen molar-refractivity contribution < 1.29 is 0 Å². The number of hydrogen-bond acceptors (Lipinski definition) is 3. The van der Waals surface area contributed by atoms with Gasteiger partial charge in [0.1, 0.15) is 0 Å². The van der Waals surface area contributed by atoms with Gasteiger partial charge in [0.25, 0.3) is 0 Å². The maximum atomic E-state index is 3.84. The highest BCUT2D eigenvalue weighted by atomic mass is 15.7. The second-order valence-electron chi connectivity index (χ2n) is 2.94. The van der Waals surface area contributed by atoms with Gasteiger partial charge in [0.2, 0.25) is 0 Å². The van der Waals surface area contributed by atoms with Gasteiger partial charge >= 0.3 is 0 Å². The van der Waals surface area contributed by atoms with Gasteiger partial charge in [0.05, 0.1) is 5.66 Å². The number of rotatable bonds is 4. The van der Waals surface area contributed by atoms with Crippen molar-refractivity contribution in [3.05, 3.63) is 12.3 Å². The molecule has 0 aromatic carbocycles. The van der Waals surface area contributed by atoms with Crippen LogP contribution in [0.15, 0.2) is 12.3 Å². The van der Waals surface area contributed by atoms with Gasteiger partial charge < -0.3 is 5.32 Å². The molecule has 0 radical (unpaired) electrons. The summed E-state index contributed by atoms with van der Waals surface area (Å²) in [6.45, 7) is 5.97. The van der Waals surface area contributed by atoms with Crippen LogP contribution in [0.4, 0.5) is 0 Å². The highest BCUT2D eigenvalue weighted by Crippen LogP contribution is 2.17. The summed E-state index contributed by atoms with van der Waals surface area (Å²) in [5.41, 5.74) is 7.42. The highest BCUT2D eigenvalue weighted by Gasteiger charge is 2.34. The minimum Gasteiger partial charge on any atom is -0.392 e. The van der Waals surface area contributed by atoms with Gasteiger partial charge in [-0.2, -0.15) is 0 Å². The van der Waals surface area contributed by atoms with Crippen LogP contribution < -0.4 is 16.2 Å². The quantitative estimate of drug-likeness (QED) is 0.494. The van der Waals surface area contributed by atoms with E-state index in [1.165, 1.54) is 0 Å². The zero-order chi connectivity index (χ0) is 7.61. The van der Waals surface area contributed by atoms with Crippen LogP contribution in [0.25, 0.3) is 0 Å². The molecule has 1 heterocycles. The van der Waals surface area contributed by atoms with E-state index in [9.17, 15) is 0 Å². The summed E-state index contributed by atoms with van der Waals surface area (Å²) in [5, 5.41) is 3.02. The number of hydrogen-bond donors (Lipinski definition) is 3. The third-order valence-electron chi connectivity index (χ3n) is 1.83. The molecule has 1 aliphatic heterocycles. The van der Waals surface area contributed by atoms with Gasteiger partial charge in [-0.1, -0.05) is 6.58 Å². The lowest BCUT2D eigenvalue weighted by molar-refractivity contribution is 0.591. The maximum absolute atomic E-state index is 3.84. The average molecular weight is 141 g/mol. The molecular weight excluding hydrogens is 126 g/mol. The van der Waals surface area contributed by atoms with E-state index in [-0.39, 0.29) is 5.66 Å². The molecule has 1 fully saturated rings.